The van der Waals surface area contributed by atoms with Gasteiger partial charge in [0.25, 0.3) is 0 Å². The first-order chi connectivity index (χ1) is 11.0. The van der Waals surface area contributed by atoms with Crippen LogP contribution in [-0.2, 0) is 26.2 Å². The van der Waals surface area contributed by atoms with Gasteiger partial charge in [0.2, 0.25) is 0 Å². The first-order valence-corrected chi connectivity index (χ1v) is 8.81. The minimum Gasteiger partial charge on any atom is -0.652 e. The number of rotatable bonds is 1. The molecule has 1 N–H and O–H groups in total. The SMILES string of the molecule is CC(C)(C)[N-]C1C2CCC(C2)C1O.[C-]1=CC=CC1.[C-]1=CC=CC1.[Zr+3]. The van der Waals surface area contributed by atoms with Gasteiger partial charge in [-0.15, -0.1) is 24.4 Å². The topological polar surface area (TPSA) is 34.3 Å². The van der Waals surface area contributed by atoms with Crippen molar-refractivity contribution in [3.05, 3.63) is 53.9 Å². The molecule has 0 spiro atoms. The van der Waals surface area contributed by atoms with Gasteiger partial charge in [0.15, 0.2) is 0 Å². The monoisotopic (exact) mass is 402 g/mol. The quantitative estimate of drug-likeness (QED) is 0.619. The maximum absolute atomic E-state index is 9.95. The molecule has 4 aliphatic carbocycles. The summed E-state index contributed by atoms with van der Waals surface area (Å²) in [6.45, 7) is 6.35. The molecule has 0 heterocycles. The Labute approximate surface area is 167 Å². The predicted molar refractivity (Wildman–Crippen MR) is 96.9 cm³/mol. The molecular formula is C21H30NOZr. The van der Waals surface area contributed by atoms with E-state index in [-0.39, 0.29) is 43.9 Å². The minimum atomic E-state index is -0.141. The van der Waals surface area contributed by atoms with E-state index >= 15 is 0 Å². The van der Waals surface area contributed by atoms with Crippen molar-refractivity contribution in [3.63, 3.8) is 0 Å². The fraction of sp³-hybridized carbons (Fsp3) is 0.619. The van der Waals surface area contributed by atoms with E-state index in [9.17, 15) is 5.11 Å². The van der Waals surface area contributed by atoms with Gasteiger partial charge in [0.05, 0.1) is 0 Å². The van der Waals surface area contributed by atoms with Gasteiger partial charge in [0.1, 0.15) is 0 Å². The molecule has 129 valence electrons. The third-order valence-corrected chi connectivity index (χ3v) is 4.54. The molecule has 0 saturated heterocycles. The fourth-order valence-electron chi connectivity index (χ4n) is 3.54. The molecule has 4 rings (SSSR count). The van der Waals surface area contributed by atoms with Crippen LogP contribution in [0.2, 0.25) is 0 Å². The van der Waals surface area contributed by atoms with Crippen molar-refractivity contribution < 1.29 is 31.3 Å². The van der Waals surface area contributed by atoms with Crippen LogP contribution in [0.1, 0.15) is 52.9 Å². The first kappa shape index (κ1) is 21.8. The zero-order valence-electron chi connectivity index (χ0n) is 15.2. The second kappa shape index (κ2) is 10.7. The molecule has 1 radical (unpaired) electrons. The molecule has 0 aromatic rings. The minimum absolute atomic E-state index is 0. The Bertz CT molecular complexity index is 429. The van der Waals surface area contributed by atoms with Crippen molar-refractivity contribution in [2.45, 2.75) is 70.6 Å². The first-order valence-electron chi connectivity index (χ1n) is 8.81. The molecule has 0 aliphatic heterocycles. The summed E-state index contributed by atoms with van der Waals surface area (Å²) in [6, 6.07) is 0.235. The summed E-state index contributed by atoms with van der Waals surface area (Å²) >= 11 is 0. The largest absolute Gasteiger partial charge is 3.00 e. The van der Waals surface area contributed by atoms with Crippen molar-refractivity contribution in [3.8, 4) is 0 Å². The average Bonchev–Trinajstić information content (AvgIpc) is 3.31. The smallest absolute Gasteiger partial charge is 0.652 e. The third-order valence-electron chi connectivity index (χ3n) is 4.54. The predicted octanol–water partition coefficient (Wildman–Crippen LogP) is 4.93. The number of fused-ring (bicyclic) bond motifs is 2. The second-order valence-corrected chi connectivity index (χ2v) is 7.62. The second-order valence-electron chi connectivity index (χ2n) is 7.62. The van der Waals surface area contributed by atoms with Crippen molar-refractivity contribution in [2.24, 2.45) is 11.8 Å². The number of aliphatic hydroxyl groups is 1. The van der Waals surface area contributed by atoms with Crippen LogP contribution in [0, 0.1) is 24.0 Å². The third kappa shape index (κ3) is 7.34. The normalized spacial score (nSPS) is 31.3. The van der Waals surface area contributed by atoms with Crippen molar-refractivity contribution in [1.29, 1.82) is 0 Å². The van der Waals surface area contributed by atoms with Gasteiger partial charge in [-0.1, -0.05) is 33.1 Å². The summed E-state index contributed by atoms with van der Waals surface area (Å²) in [5, 5.41) is 14.7. The van der Waals surface area contributed by atoms with Crippen molar-refractivity contribution >= 4 is 0 Å². The maximum atomic E-state index is 9.95. The van der Waals surface area contributed by atoms with Crippen LogP contribution >= 0.6 is 0 Å². The van der Waals surface area contributed by atoms with E-state index in [2.05, 4.69) is 45.1 Å². The van der Waals surface area contributed by atoms with Crippen LogP contribution in [0.5, 0.6) is 0 Å². The Hall–Kier alpha value is -0.237. The van der Waals surface area contributed by atoms with E-state index in [0.717, 1.165) is 12.8 Å². The van der Waals surface area contributed by atoms with Crippen LogP contribution in [0.4, 0.5) is 0 Å². The molecule has 0 aromatic heterocycles. The van der Waals surface area contributed by atoms with Gasteiger partial charge in [-0.2, -0.15) is 12.2 Å². The summed E-state index contributed by atoms with van der Waals surface area (Å²) in [6.07, 6.45) is 23.6. The molecule has 24 heavy (non-hydrogen) atoms. The molecule has 0 aromatic carbocycles. The maximum Gasteiger partial charge on any atom is 3.00 e. The molecule has 2 fully saturated rings. The Morgan fingerprint density at radius 1 is 0.958 bits per heavy atom. The average molecular weight is 404 g/mol. The van der Waals surface area contributed by atoms with Crippen LogP contribution < -0.4 is 0 Å². The number of aliphatic hydroxyl groups excluding tert-OH is 1. The Balaban J connectivity index is 0.000000216. The number of hydrogen-bond acceptors (Lipinski definition) is 1. The molecule has 2 saturated carbocycles. The van der Waals surface area contributed by atoms with Gasteiger partial charge in [-0.3, -0.25) is 12.2 Å². The summed E-state index contributed by atoms with van der Waals surface area (Å²) in [7, 11) is 0. The summed E-state index contributed by atoms with van der Waals surface area (Å²) in [5.74, 6) is 1.24. The van der Waals surface area contributed by atoms with Crippen LogP contribution in [0.15, 0.2) is 36.5 Å². The molecule has 4 aliphatic rings. The van der Waals surface area contributed by atoms with Crippen molar-refractivity contribution in [1.82, 2.24) is 0 Å². The van der Waals surface area contributed by atoms with E-state index in [4.69, 9.17) is 5.32 Å². The standard InChI is InChI=1S/C11H20NO.2C5H5.Zr/c1-11(2,3)12-9-7-4-5-8(6-7)10(9)13;2*1-2-4-5-3-1;/h7-10,13H,4-6H2,1-3H3;2*1-3H,4H2;/q3*-1;+3. The molecule has 3 heteroatoms. The molecule has 2 bridgehead atoms. The fourth-order valence-corrected chi connectivity index (χ4v) is 3.54. The molecular weight excluding hydrogens is 373 g/mol. The van der Waals surface area contributed by atoms with Gasteiger partial charge in [-0.25, -0.2) is 24.3 Å². The Kier molecular flexibility index (Phi) is 9.71. The molecule has 2 nitrogen and oxygen atoms in total. The summed E-state index contributed by atoms with van der Waals surface area (Å²) in [5.41, 5.74) is 0.0100. The Morgan fingerprint density at radius 3 is 1.79 bits per heavy atom. The molecule has 4 atom stereocenters. The van der Waals surface area contributed by atoms with E-state index in [1.807, 2.05) is 24.3 Å². The number of hydrogen-bond donors (Lipinski definition) is 1. The van der Waals surface area contributed by atoms with Crippen LogP contribution in [-0.4, -0.2) is 22.8 Å². The van der Waals surface area contributed by atoms with Crippen LogP contribution in [0.25, 0.3) is 5.32 Å². The van der Waals surface area contributed by atoms with Crippen LogP contribution in [0.3, 0.4) is 0 Å². The summed E-state index contributed by atoms with van der Waals surface area (Å²) in [4.78, 5) is 0. The molecule has 4 unspecified atom stereocenters. The van der Waals surface area contributed by atoms with E-state index in [1.54, 1.807) is 0 Å². The van der Waals surface area contributed by atoms with E-state index < -0.39 is 0 Å². The summed E-state index contributed by atoms with van der Waals surface area (Å²) < 4.78 is 0. The number of nitrogens with zero attached hydrogens (tertiary/aromatic N) is 1. The van der Waals surface area contributed by atoms with Gasteiger partial charge >= 0.3 is 26.2 Å². The Morgan fingerprint density at radius 2 is 1.50 bits per heavy atom. The van der Waals surface area contributed by atoms with Gasteiger partial charge in [0, 0.05) is 6.10 Å². The van der Waals surface area contributed by atoms with Gasteiger partial charge in [-0.05, 0) is 18.8 Å². The zero-order valence-corrected chi connectivity index (χ0v) is 17.7. The molecule has 0 amide bonds. The van der Waals surface area contributed by atoms with Crippen molar-refractivity contribution in [2.75, 3.05) is 0 Å². The number of allylic oxidation sites excluding steroid dienone is 8. The van der Waals surface area contributed by atoms with Gasteiger partial charge < -0.3 is 10.4 Å². The van der Waals surface area contributed by atoms with E-state index in [1.165, 1.54) is 19.3 Å². The zero-order chi connectivity index (χ0) is 16.7. The van der Waals surface area contributed by atoms with E-state index in [0.29, 0.717) is 11.8 Å².